The topological polar surface area (TPSA) is 118 Å². The molecule has 9 heteroatoms. The molecule has 1 aliphatic rings. The van der Waals surface area contributed by atoms with E-state index in [9.17, 15) is 19.2 Å². The number of carbonyl (C=O) groups excluding carboxylic acids is 4. The van der Waals surface area contributed by atoms with E-state index in [4.69, 9.17) is 9.15 Å². The maximum absolute atomic E-state index is 13.2. The number of fused-ring (bicyclic) bond motifs is 1. The first-order chi connectivity index (χ1) is 19.1. The molecule has 2 N–H and O–H groups in total. The third kappa shape index (κ3) is 5.63. The van der Waals surface area contributed by atoms with Crippen molar-refractivity contribution in [3.63, 3.8) is 0 Å². The van der Waals surface area contributed by atoms with Crippen molar-refractivity contribution in [2.45, 2.75) is 32.9 Å². The lowest BCUT2D eigenvalue weighted by Gasteiger charge is -2.21. The van der Waals surface area contributed by atoms with Crippen LogP contribution in [0.1, 0.15) is 57.4 Å². The van der Waals surface area contributed by atoms with E-state index in [0.29, 0.717) is 33.6 Å². The van der Waals surface area contributed by atoms with Crippen molar-refractivity contribution in [1.29, 1.82) is 0 Å². The summed E-state index contributed by atoms with van der Waals surface area (Å²) < 4.78 is 10.5. The normalized spacial score (nSPS) is 12.7. The summed E-state index contributed by atoms with van der Waals surface area (Å²) in [5, 5.41) is 5.55. The van der Waals surface area contributed by atoms with Crippen LogP contribution in [0.2, 0.25) is 0 Å². The van der Waals surface area contributed by atoms with Crippen molar-refractivity contribution in [2.24, 2.45) is 0 Å². The Morgan fingerprint density at radius 2 is 1.50 bits per heavy atom. The molecule has 4 amide bonds. The van der Waals surface area contributed by atoms with E-state index in [2.05, 4.69) is 10.6 Å². The predicted octanol–water partition coefficient (Wildman–Crippen LogP) is 6.34. The standard InChI is InChI=1S/C31H27N3O6/c1-31(2,3)40-30(38)33-25-13-12-21(22-14-15-39-18-22)16-26(25)32-27(35)20-10-8-19(9-11-20)17-34-28(36)23-6-4-5-7-24(23)29(34)37/h4-16,18H,17H2,1-3H3,(H,32,35)(H,33,38). The molecule has 0 saturated heterocycles. The zero-order valence-corrected chi connectivity index (χ0v) is 22.2. The fourth-order valence-corrected chi connectivity index (χ4v) is 4.30. The van der Waals surface area contributed by atoms with Crippen molar-refractivity contribution in [1.82, 2.24) is 4.90 Å². The average Bonchev–Trinajstić information content (AvgIpc) is 3.53. The molecule has 9 nitrogen and oxygen atoms in total. The number of furan rings is 1. The Bertz CT molecular complexity index is 1570. The second-order valence-electron chi connectivity index (χ2n) is 10.3. The summed E-state index contributed by atoms with van der Waals surface area (Å²) in [6.07, 6.45) is 2.47. The Morgan fingerprint density at radius 3 is 2.10 bits per heavy atom. The van der Waals surface area contributed by atoms with E-state index >= 15 is 0 Å². The third-order valence-electron chi connectivity index (χ3n) is 6.19. The average molecular weight is 538 g/mol. The van der Waals surface area contributed by atoms with Gasteiger partial charge in [-0.3, -0.25) is 24.6 Å². The van der Waals surface area contributed by atoms with Crippen molar-refractivity contribution in [2.75, 3.05) is 10.6 Å². The van der Waals surface area contributed by atoms with Crippen molar-refractivity contribution in [3.05, 3.63) is 108 Å². The van der Waals surface area contributed by atoms with E-state index < -0.39 is 17.6 Å². The van der Waals surface area contributed by atoms with Gasteiger partial charge in [-0.1, -0.05) is 30.3 Å². The van der Waals surface area contributed by atoms with Crippen LogP contribution in [0.4, 0.5) is 16.2 Å². The van der Waals surface area contributed by atoms with Crippen molar-refractivity contribution < 1.29 is 28.3 Å². The Morgan fingerprint density at radius 1 is 0.825 bits per heavy atom. The molecule has 0 fully saturated rings. The van der Waals surface area contributed by atoms with E-state index in [-0.39, 0.29) is 18.4 Å². The number of hydrogen-bond acceptors (Lipinski definition) is 6. The molecule has 0 atom stereocenters. The first-order valence-electron chi connectivity index (χ1n) is 12.6. The molecule has 2 heterocycles. The first-order valence-corrected chi connectivity index (χ1v) is 12.6. The highest BCUT2D eigenvalue weighted by Gasteiger charge is 2.35. The van der Waals surface area contributed by atoms with Gasteiger partial charge in [0.25, 0.3) is 17.7 Å². The molecular weight excluding hydrogens is 510 g/mol. The van der Waals surface area contributed by atoms with Gasteiger partial charge in [-0.25, -0.2) is 4.79 Å². The number of ether oxygens (including phenoxy) is 1. The highest BCUT2D eigenvalue weighted by atomic mass is 16.6. The van der Waals surface area contributed by atoms with Crippen LogP contribution in [0.3, 0.4) is 0 Å². The number of nitrogens with one attached hydrogen (secondary N) is 2. The highest BCUT2D eigenvalue weighted by molar-refractivity contribution is 6.21. The molecule has 0 unspecified atom stereocenters. The molecule has 0 aliphatic carbocycles. The minimum absolute atomic E-state index is 0.0882. The van der Waals surface area contributed by atoms with Crippen LogP contribution in [-0.2, 0) is 11.3 Å². The number of amides is 4. The number of carbonyl (C=O) groups is 4. The van der Waals surface area contributed by atoms with E-state index in [1.54, 1.807) is 106 Å². The molecule has 5 rings (SSSR count). The molecule has 0 radical (unpaired) electrons. The van der Waals surface area contributed by atoms with Gasteiger partial charge in [0.15, 0.2) is 0 Å². The van der Waals surface area contributed by atoms with Crippen molar-refractivity contribution in [3.8, 4) is 11.1 Å². The summed E-state index contributed by atoms with van der Waals surface area (Å²) in [5.74, 6) is -1.10. The maximum atomic E-state index is 13.2. The van der Waals surface area contributed by atoms with Gasteiger partial charge in [-0.15, -0.1) is 0 Å². The van der Waals surface area contributed by atoms with E-state index in [0.717, 1.165) is 11.1 Å². The Labute approximate surface area is 230 Å². The Kier molecular flexibility index (Phi) is 6.96. The number of anilines is 2. The Hall–Kier alpha value is -5.18. The lowest BCUT2D eigenvalue weighted by atomic mass is 10.1. The fraction of sp³-hybridized carbons (Fsp3) is 0.161. The highest BCUT2D eigenvalue weighted by Crippen LogP contribution is 2.31. The van der Waals surface area contributed by atoms with Crippen LogP contribution in [0.5, 0.6) is 0 Å². The largest absolute Gasteiger partial charge is 0.472 e. The second-order valence-corrected chi connectivity index (χ2v) is 10.3. The van der Waals surface area contributed by atoms with Gasteiger partial charge in [0.1, 0.15) is 5.60 Å². The number of benzene rings is 3. The predicted molar refractivity (Wildman–Crippen MR) is 149 cm³/mol. The van der Waals surface area contributed by atoms with Gasteiger partial charge in [0.2, 0.25) is 0 Å². The zero-order valence-electron chi connectivity index (χ0n) is 22.2. The van der Waals surface area contributed by atoms with Crippen molar-refractivity contribution >= 4 is 35.2 Å². The quantitative estimate of drug-likeness (QED) is 0.277. The van der Waals surface area contributed by atoms with Gasteiger partial charge in [-0.2, -0.15) is 0 Å². The zero-order chi connectivity index (χ0) is 28.4. The monoisotopic (exact) mass is 537 g/mol. The summed E-state index contributed by atoms with van der Waals surface area (Å²) in [6.45, 7) is 5.37. The first kappa shape index (κ1) is 26.4. The summed E-state index contributed by atoms with van der Waals surface area (Å²) >= 11 is 0. The third-order valence-corrected chi connectivity index (χ3v) is 6.19. The number of rotatable bonds is 6. The van der Waals surface area contributed by atoms with E-state index in [1.165, 1.54) is 4.90 Å². The van der Waals surface area contributed by atoms with Crippen LogP contribution in [0, 0.1) is 0 Å². The molecule has 0 spiro atoms. The van der Waals surface area contributed by atoms with Crippen LogP contribution < -0.4 is 10.6 Å². The molecular formula is C31H27N3O6. The summed E-state index contributed by atoms with van der Waals surface area (Å²) in [7, 11) is 0. The fourth-order valence-electron chi connectivity index (χ4n) is 4.30. The second kappa shape index (κ2) is 10.5. The molecule has 4 aromatic rings. The Balaban J connectivity index is 1.33. The lowest BCUT2D eigenvalue weighted by molar-refractivity contribution is 0.0625. The smallest absolute Gasteiger partial charge is 0.412 e. The van der Waals surface area contributed by atoms with E-state index in [1.807, 2.05) is 0 Å². The number of hydrogen-bond donors (Lipinski definition) is 2. The van der Waals surface area contributed by atoms with Gasteiger partial charge in [-0.05, 0) is 74.4 Å². The molecule has 0 saturated carbocycles. The summed E-state index contributed by atoms with van der Waals surface area (Å²) in [6, 6.07) is 20.3. The molecule has 202 valence electrons. The molecule has 0 bridgehead atoms. The lowest BCUT2D eigenvalue weighted by Crippen LogP contribution is -2.29. The molecule has 40 heavy (non-hydrogen) atoms. The van der Waals surface area contributed by atoms with Gasteiger partial charge < -0.3 is 14.5 Å². The molecule has 3 aromatic carbocycles. The van der Waals surface area contributed by atoms with Gasteiger partial charge in [0, 0.05) is 11.1 Å². The molecule has 1 aliphatic heterocycles. The SMILES string of the molecule is CC(C)(C)OC(=O)Nc1ccc(-c2ccoc2)cc1NC(=O)c1ccc(CN2C(=O)c3ccccc3C2=O)cc1. The van der Waals surface area contributed by atoms with Gasteiger partial charge in [0.05, 0.1) is 41.6 Å². The minimum atomic E-state index is -0.695. The van der Waals surface area contributed by atoms with Crippen LogP contribution in [-0.4, -0.2) is 34.3 Å². The maximum Gasteiger partial charge on any atom is 0.412 e. The van der Waals surface area contributed by atoms with Crippen LogP contribution in [0.15, 0.2) is 89.7 Å². The number of imide groups is 1. The number of nitrogens with zero attached hydrogens (tertiary/aromatic N) is 1. The minimum Gasteiger partial charge on any atom is -0.472 e. The summed E-state index contributed by atoms with van der Waals surface area (Å²) in [5.41, 5.74) is 3.42. The van der Waals surface area contributed by atoms with Crippen LogP contribution in [0.25, 0.3) is 11.1 Å². The molecule has 1 aromatic heterocycles. The summed E-state index contributed by atoms with van der Waals surface area (Å²) in [4.78, 5) is 52.2. The van der Waals surface area contributed by atoms with Gasteiger partial charge >= 0.3 is 6.09 Å². The van der Waals surface area contributed by atoms with Crippen LogP contribution >= 0.6 is 0 Å².